The maximum absolute atomic E-state index is 12.7. The lowest BCUT2D eigenvalue weighted by Gasteiger charge is -2.15. The Kier molecular flexibility index (Phi) is 4.39. The minimum atomic E-state index is -4.59. The molecule has 4 nitrogen and oxygen atoms in total. The summed E-state index contributed by atoms with van der Waals surface area (Å²) >= 11 is 0. The standard InChI is InChI=1S/C14H17F3N2O2/c1-8-2-3-9(6-8)7-18-12-10(13(20)21)4-5-11(19-12)14(15,16)17/h4-5,8-9H,2-3,6-7H2,1H3,(H,18,19)(H,20,21). The van der Waals surface area contributed by atoms with Crippen LogP contribution >= 0.6 is 0 Å². The van der Waals surface area contributed by atoms with Gasteiger partial charge >= 0.3 is 12.1 Å². The van der Waals surface area contributed by atoms with Crippen molar-refractivity contribution < 1.29 is 23.1 Å². The van der Waals surface area contributed by atoms with E-state index in [-0.39, 0.29) is 11.4 Å². The highest BCUT2D eigenvalue weighted by atomic mass is 19.4. The normalized spacial score (nSPS) is 22.3. The second-order valence-corrected chi connectivity index (χ2v) is 5.56. The fraction of sp³-hybridized carbons (Fsp3) is 0.571. The van der Waals surface area contributed by atoms with Gasteiger partial charge in [0.15, 0.2) is 0 Å². The number of nitrogens with zero attached hydrogens (tertiary/aromatic N) is 1. The molecule has 1 aromatic rings. The number of anilines is 1. The Balaban J connectivity index is 2.16. The van der Waals surface area contributed by atoms with E-state index in [1.807, 2.05) is 0 Å². The molecule has 7 heteroatoms. The average Bonchev–Trinajstić information content (AvgIpc) is 2.80. The van der Waals surface area contributed by atoms with Crippen LogP contribution in [0.25, 0.3) is 0 Å². The van der Waals surface area contributed by atoms with Crippen molar-refractivity contribution in [2.45, 2.75) is 32.4 Å². The van der Waals surface area contributed by atoms with Gasteiger partial charge in [-0.3, -0.25) is 0 Å². The predicted octanol–water partition coefficient (Wildman–Crippen LogP) is 3.65. The molecule has 1 aliphatic carbocycles. The first-order valence-electron chi connectivity index (χ1n) is 6.82. The van der Waals surface area contributed by atoms with E-state index in [2.05, 4.69) is 17.2 Å². The van der Waals surface area contributed by atoms with Crippen LogP contribution in [0.3, 0.4) is 0 Å². The van der Waals surface area contributed by atoms with Gasteiger partial charge in [0.2, 0.25) is 0 Å². The number of pyridine rings is 1. The molecule has 0 bridgehead atoms. The van der Waals surface area contributed by atoms with Crippen molar-refractivity contribution >= 4 is 11.8 Å². The van der Waals surface area contributed by atoms with E-state index in [0.29, 0.717) is 24.4 Å². The first-order chi connectivity index (χ1) is 9.77. The number of nitrogens with one attached hydrogen (secondary N) is 1. The third-order valence-corrected chi connectivity index (χ3v) is 3.78. The SMILES string of the molecule is CC1CCC(CNc2nc(C(F)(F)F)ccc2C(=O)O)C1. The summed E-state index contributed by atoms with van der Waals surface area (Å²) in [4.78, 5) is 14.5. The summed E-state index contributed by atoms with van der Waals surface area (Å²) in [5.41, 5.74) is -1.33. The Hall–Kier alpha value is -1.79. The van der Waals surface area contributed by atoms with Crippen molar-refractivity contribution in [1.82, 2.24) is 4.98 Å². The summed E-state index contributed by atoms with van der Waals surface area (Å²) in [6.45, 7) is 2.57. The summed E-state index contributed by atoms with van der Waals surface area (Å²) in [5, 5.41) is 11.8. The van der Waals surface area contributed by atoms with Gasteiger partial charge in [0.25, 0.3) is 0 Å². The molecule has 0 spiro atoms. The summed E-state index contributed by atoms with van der Waals surface area (Å²) < 4.78 is 38.0. The van der Waals surface area contributed by atoms with Crippen LogP contribution in [0.2, 0.25) is 0 Å². The molecular formula is C14H17F3N2O2. The molecule has 0 radical (unpaired) electrons. The fourth-order valence-corrected chi connectivity index (χ4v) is 2.68. The van der Waals surface area contributed by atoms with E-state index in [4.69, 9.17) is 5.11 Å². The van der Waals surface area contributed by atoms with E-state index in [1.54, 1.807) is 0 Å². The van der Waals surface area contributed by atoms with Crippen molar-refractivity contribution in [2.75, 3.05) is 11.9 Å². The minimum absolute atomic E-state index is 0.211. The fourth-order valence-electron chi connectivity index (χ4n) is 2.68. The third kappa shape index (κ3) is 3.86. The highest BCUT2D eigenvalue weighted by Crippen LogP contribution is 2.32. The Morgan fingerprint density at radius 1 is 1.43 bits per heavy atom. The first kappa shape index (κ1) is 15.6. The van der Waals surface area contributed by atoms with Crippen LogP contribution in [0, 0.1) is 11.8 Å². The van der Waals surface area contributed by atoms with Gasteiger partial charge in [0.1, 0.15) is 17.1 Å². The lowest BCUT2D eigenvalue weighted by Crippen LogP contribution is -2.18. The molecule has 1 aromatic heterocycles. The summed E-state index contributed by atoms with van der Waals surface area (Å²) in [7, 11) is 0. The molecule has 0 aliphatic heterocycles. The van der Waals surface area contributed by atoms with E-state index in [0.717, 1.165) is 25.3 Å². The Morgan fingerprint density at radius 2 is 2.14 bits per heavy atom. The molecule has 1 fully saturated rings. The van der Waals surface area contributed by atoms with Gasteiger partial charge in [0, 0.05) is 6.54 Å². The number of alkyl halides is 3. The summed E-state index contributed by atoms with van der Waals surface area (Å²) in [6.07, 6.45) is -1.51. The molecule has 0 saturated heterocycles. The quantitative estimate of drug-likeness (QED) is 0.891. The monoisotopic (exact) mass is 302 g/mol. The number of halogens is 3. The summed E-state index contributed by atoms with van der Waals surface area (Å²) in [6, 6.07) is 1.63. The number of hydrogen-bond acceptors (Lipinski definition) is 3. The number of carboxylic acid groups (broad SMARTS) is 1. The lowest BCUT2D eigenvalue weighted by molar-refractivity contribution is -0.141. The first-order valence-corrected chi connectivity index (χ1v) is 6.82. The van der Waals surface area contributed by atoms with Gasteiger partial charge in [-0.15, -0.1) is 0 Å². The Morgan fingerprint density at radius 3 is 2.67 bits per heavy atom. The molecule has 21 heavy (non-hydrogen) atoms. The molecule has 1 saturated carbocycles. The van der Waals surface area contributed by atoms with Gasteiger partial charge in [-0.2, -0.15) is 13.2 Å². The zero-order valence-electron chi connectivity index (χ0n) is 11.6. The molecule has 0 aromatic carbocycles. The van der Waals surface area contributed by atoms with E-state index in [1.165, 1.54) is 0 Å². The maximum atomic E-state index is 12.7. The largest absolute Gasteiger partial charge is 0.478 e. The summed E-state index contributed by atoms with van der Waals surface area (Å²) in [5.74, 6) is -0.557. The molecule has 1 heterocycles. The second-order valence-electron chi connectivity index (χ2n) is 5.56. The highest BCUT2D eigenvalue weighted by Gasteiger charge is 2.33. The van der Waals surface area contributed by atoms with Gasteiger partial charge in [-0.05, 0) is 36.8 Å². The van der Waals surface area contributed by atoms with Crippen LogP contribution in [0.4, 0.5) is 19.0 Å². The molecule has 116 valence electrons. The number of hydrogen-bond donors (Lipinski definition) is 2. The number of rotatable bonds is 4. The molecule has 2 N–H and O–H groups in total. The maximum Gasteiger partial charge on any atom is 0.433 e. The Labute approximate surface area is 120 Å². The van der Waals surface area contributed by atoms with Gasteiger partial charge in [0.05, 0.1) is 0 Å². The van der Waals surface area contributed by atoms with Crippen LogP contribution in [0.1, 0.15) is 42.2 Å². The van der Waals surface area contributed by atoms with Crippen LogP contribution in [0.5, 0.6) is 0 Å². The van der Waals surface area contributed by atoms with Crippen molar-refractivity contribution in [3.63, 3.8) is 0 Å². The zero-order valence-corrected chi connectivity index (χ0v) is 11.6. The van der Waals surface area contributed by atoms with E-state index >= 15 is 0 Å². The van der Waals surface area contributed by atoms with Crippen molar-refractivity contribution in [2.24, 2.45) is 11.8 Å². The van der Waals surface area contributed by atoms with E-state index in [9.17, 15) is 18.0 Å². The van der Waals surface area contributed by atoms with Crippen molar-refractivity contribution in [3.8, 4) is 0 Å². The van der Waals surface area contributed by atoms with Crippen LogP contribution in [0.15, 0.2) is 12.1 Å². The number of aromatic nitrogens is 1. The molecule has 2 rings (SSSR count). The van der Waals surface area contributed by atoms with Crippen LogP contribution in [-0.4, -0.2) is 22.6 Å². The number of aromatic carboxylic acids is 1. The Bertz CT molecular complexity index is 531. The van der Waals surface area contributed by atoms with E-state index < -0.39 is 17.8 Å². The topological polar surface area (TPSA) is 62.2 Å². The van der Waals surface area contributed by atoms with Crippen LogP contribution < -0.4 is 5.32 Å². The van der Waals surface area contributed by atoms with Gasteiger partial charge in [-0.1, -0.05) is 13.3 Å². The third-order valence-electron chi connectivity index (χ3n) is 3.78. The average molecular weight is 302 g/mol. The van der Waals surface area contributed by atoms with Gasteiger partial charge < -0.3 is 10.4 Å². The molecular weight excluding hydrogens is 285 g/mol. The molecule has 2 unspecified atom stereocenters. The van der Waals surface area contributed by atoms with Gasteiger partial charge in [-0.25, -0.2) is 9.78 Å². The minimum Gasteiger partial charge on any atom is -0.478 e. The van der Waals surface area contributed by atoms with Crippen molar-refractivity contribution in [1.29, 1.82) is 0 Å². The highest BCUT2D eigenvalue weighted by molar-refractivity contribution is 5.93. The second kappa shape index (κ2) is 5.91. The zero-order chi connectivity index (χ0) is 15.6. The predicted molar refractivity (Wildman–Crippen MR) is 71.2 cm³/mol. The molecule has 2 atom stereocenters. The van der Waals surface area contributed by atoms with Crippen LogP contribution in [-0.2, 0) is 6.18 Å². The smallest absolute Gasteiger partial charge is 0.433 e. The number of carboxylic acids is 1. The van der Waals surface area contributed by atoms with Crippen molar-refractivity contribution in [3.05, 3.63) is 23.4 Å². The number of carbonyl (C=O) groups is 1. The lowest BCUT2D eigenvalue weighted by atomic mass is 10.1. The molecule has 0 amide bonds. The molecule has 1 aliphatic rings.